The van der Waals surface area contributed by atoms with Crippen molar-refractivity contribution in [2.45, 2.75) is 13.3 Å². The van der Waals surface area contributed by atoms with E-state index in [1.54, 1.807) is 12.3 Å². The number of benzene rings is 1. The first-order valence-electron chi connectivity index (χ1n) is 6.80. The lowest BCUT2D eigenvalue weighted by Crippen LogP contribution is -2.14. The number of fused-ring (bicyclic) bond motifs is 2. The number of hydrogen-bond donors (Lipinski definition) is 2. The minimum atomic E-state index is -0.134. The second-order valence-electron chi connectivity index (χ2n) is 4.98. The van der Waals surface area contributed by atoms with Crippen molar-refractivity contribution in [3.63, 3.8) is 0 Å². The third-order valence-corrected chi connectivity index (χ3v) is 3.61. The molecule has 0 amide bonds. The third-order valence-electron chi connectivity index (χ3n) is 3.61. The molecule has 104 valence electrons. The average molecular weight is 279 g/mol. The molecule has 0 aliphatic heterocycles. The van der Waals surface area contributed by atoms with Crippen LogP contribution in [0.25, 0.3) is 27.8 Å². The Morgan fingerprint density at radius 3 is 3.00 bits per heavy atom. The summed E-state index contributed by atoms with van der Waals surface area (Å²) in [5, 5.41) is 12.2. The molecule has 0 spiro atoms. The van der Waals surface area contributed by atoms with Gasteiger partial charge < -0.3 is 4.98 Å². The summed E-state index contributed by atoms with van der Waals surface area (Å²) in [7, 11) is 0. The molecule has 6 nitrogen and oxygen atoms in total. The number of aromatic amines is 2. The Bertz CT molecular complexity index is 1010. The number of rotatable bonds is 2. The average Bonchev–Trinajstić information content (AvgIpc) is 3.12. The first kappa shape index (κ1) is 11.9. The topological polar surface area (TPSA) is 78.8 Å². The molecule has 3 heterocycles. The molecule has 1 aromatic carbocycles. The summed E-state index contributed by atoms with van der Waals surface area (Å²) < 4.78 is 1.40. The van der Waals surface area contributed by atoms with Crippen LogP contribution in [0.1, 0.15) is 12.6 Å². The normalized spacial score (nSPS) is 11.5. The smallest absolute Gasteiger partial charge is 0.274 e. The summed E-state index contributed by atoms with van der Waals surface area (Å²) in [4.78, 5) is 15.4. The molecule has 4 aromatic rings. The predicted molar refractivity (Wildman–Crippen MR) is 80.3 cm³/mol. The highest BCUT2D eigenvalue weighted by Gasteiger charge is 2.08. The van der Waals surface area contributed by atoms with Crippen molar-refractivity contribution in [3.05, 3.63) is 52.6 Å². The van der Waals surface area contributed by atoms with Gasteiger partial charge in [0.1, 0.15) is 5.65 Å². The molecular formula is C15H13N5O. The lowest BCUT2D eigenvalue weighted by molar-refractivity contribution is 0.859. The largest absolute Gasteiger partial charge is 0.339 e. The Morgan fingerprint density at radius 1 is 1.24 bits per heavy atom. The highest BCUT2D eigenvalue weighted by molar-refractivity contribution is 5.83. The maximum absolute atomic E-state index is 12.2. The zero-order valence-corrected chi connectivity index (χ0v) is 11.4. The molecule has 4 rings (SSSR count). The van der Waals surface area contributed by atoms with E-state index in [9.17, 15) is 4.79 Å². The molecule has 0 aliphatic carbocycles. The molecular weight excluding hydrogens is 266 g/mol. The summed E-state index contributed by atoms with van der Waals surface area (Å²) in [5.74, 6) is 0. The Morgan fingerprint density at radius 2 is 2.14 bits per heavy atom. The zero-order chi connectivity index (χ0) is 14.4. The SMILES string of the molecule is CCc1cc2[nH]c(-c3ccc4[nH]ncc4c3)cc(=O)n2n1. The van der Waals surface area contributed by atoms with E-state index >= 15 is 0 Å². The van der Waals surface area contributed by atoms with E-state index in [4.69, 9.17) is 0 Å². The van der Waals surface area contributed by atoms with Crippen molar-refractivity contribution in [3.8, 4) is 11.3 Å². The molecule has 0 fully saturated rings. The van der Waals surface area contributed by atoms with E-state index in [1.807, 2.05) is 31.2 Å². The van der Waals surface area contributed by atoms with Crippen molar-refractivity contribution < 1.29 is 0 Å². The molecule has 0 bridgehead atoms. The van der Waals surface area contributed by atoms with Gasteiger partial charge in [0.05, 0.1) is 23.1 Å². The van der Waals surface area contributed by atoms with E-state index in [0.29, 0.717) is 5.65 Å². The van der Waals surface area contributed by atoms with Crippen LogP contribution in [0.3, 0.4) is 0 Å². The predicted octanol–water partition coefficient (Wildman–Crippen LogP) is 2.13. The van der Waals surface area contributed by atoms with Crippen LogP contribution >= 0.6 is 0 Å². The molecule has 0 aliphatic rings. The van der Waals surface area contributed by atoms with Gasteiger partial charge in [0.2, 0.25) is 0 Å². The Hall–Kier alpha value is -2.89. The molecule has 2 N–H and O–H groups in total. The minimum Gasteiger partial charge on any atom is -0.339 e. The van der Waals surface area contributed by atoms with Crippen molar-refractivity contribution in [2.24, 2.45) is 0 Å². The molecule has 0 unspecified atom stereocenters. The van der Waals surface area contributed by atoms with Crippen LogP contribution in [0.2, 0.25) is 0 Å². The fourth-order valence-corrected chi connectivity index (χ4v) is 2.48. The fourth-order valence-electron chi connectivity index (χ4n) is 2.48. The van der Waals surface area contributed by atoms with E-state index in [1.165, 1.54) is 4.52 Å². The van der Waals surface area contributed by atoms with E-state index in [2.05, 4.69) is 20.3 Å². The first-order chi connectivity index (χ1) is 10.2. The number of H-pyrrole nitrogens is 2. The quantitative estimate of drug-likeness (QED) is 0.590. The fraction of sp³-hybridized carbons (Fsp3) is 0.133. The molecule has 0 saturated carbocycles. The van der Waals surface area contributed by atoms with Gasteiger partial charge >= 0.3 is 0 Å². The molecule has 3 aromatic heterocycles. The van der Waals surface area contributed by atoms with Gasteiger partial charge in [0.25, 0.3) is 5.56 Å². The summed E-state index contributed by atoms with van der Waals surface area (Å²) in [5.41, 5.74) is 4.17. The molecule has 0 saturated heterocycles. The summed E-state index contributed by atoms with van der Waals surface area (Å²) in [6.07, 6.45) is 2.56. The van der Waals surface area contributed by atoms with Gasteiger partial charge in [-0.1, -0.05) is 13.0 Å². The monoisotopic (exact) mass is 279 g/mol. The van der Waals surface area contributed by atoms with Crippen LogP contribution in [0.5, 0.6) is 0 Å². The lowest BCUT2D eigenvalue weighted by Gasteiger charge is -2.03. The third kappa shape index (κ3) is 1.84. The Kier molecular flexibility index (Phi) is 2.44. The van der Waals surface area contributed by atoms with Crippen molar-refractivity contribution in [1.29, 1.82) is 0 Å². The van der Waals surface area contributed by atoms with Crippen LogP contribution in [0, 0.1) is 0 Å². The number of nitrogens with zero attached hydrogens (tertiary/aromatic N) is 3. The van der Waals surface area contributed by atoms with Crippen LogP contribution in [0.4, 0.5) is 0 Å². The van der Waals surface area contributed by atoms with Crippen LogP contribution in [0.15, 0.2) is 41.3 Å². The van der Waals surface area contributed by atoms with E-state index < -0.39 is 0 Å². The highest BCUT2D eigenvalue weighted by Crippen LogP contribution is 2.21. The molecule has 21 heavy (non-hydrogen) atoms. The number of hydrogen-bond acceptors (Lipinski definition) is 3. The number of aromatic nitrogens is 5. The minimum absolute atomic E-state index is 0.134. The van der Waals surface area contributed by atoms with Crippen molar-refractivity contribution in [2.75, 3.05) is 0 Å². The summed E-state index contributed by atoms with van der Waals surface area (Å²) in [6, 6.07) is 9.38. The maximum atomic E-state index is 12.2. The van der Waals surface area contributed by atoms with Gasteiger partial charge in [0.15, 0.2) is 0 Å². The second kappa shape index (κ2) is 4.31. The van der Waals surface area contributed by atoms with Gasteiger partial charge in [-0.15, -0.1) is 0 Å². The van der Waals surface area contributed by atoms with Gasteiger partial charge in [0, 0.05) is 17.5 Å². The lowest BCUT2D eigenvalue weighted by atomic mass is 10.1. The Labute approximate surface area is 119 Å². The summed E-state index contributed by atoms with van der Waals surface area (Å²) in [6.45, 7) is 2.01. The van der Waals surface area contributed by atoms with Gasteiger partial charge in [-0.25, -0.2) is 0 Å². The van der Waals surface area contributed by atoms with Crippen molar-refractivity contribution in [1.82, 2.24) is 24.8 Å². The van der Waals surface area contributed by atoms with Gasteiger partial charge in [-0.05, 0) is 24.1 Å². The van der Waals surface area contributed by atoms with Gasteiger partial charge in [-0.3, -0.25) is 9.89 Å². The molecule has 0 radical (unpaired) electrons. The maximum Gasteiger partial charge on any atom is 0.274 e. The van der Waals surface area contributed by atoms with E-state index in [-0.39, 0.29) is 5.56 Å². The zero-order valence-electron chi connectivity index (χ0n) is 11.4. The molecule has 6 heteroatoms. The highest BCUT2D eigenvalue weighted by atomic mass is 16.1. The standard InChI is InChI=1S/C15H13N5O/c1-2-11-6-14-17-13(7-15(21)20(14)19-11)9-3-4-12-10(5-9)8-16-18-12/h3-8,17H,2H2,1H3,(H,16,18). The molecule has 0 atom stereocenters. The number of nitrogens with one attached hydrogen (secondary N) is 2. The first-order valence-corrected chi connectivity index (χ1v) is 6.80. The Balaban J connectivity index is 1.94. The van der Waals surface area contributed by atoms with Crippen LogP contribution in [-0.4, -0.2) is 24.8 Å². The number of aryl methyl sites for hydroxylation is 1. The van der Waals surface area contributed by atoms with Crippen LogP contribution in [-0.2, 0) is 6.42 Å². The van der Waals surface area contributed by atoms with E-state index in [0.717, 1.165) is 34.3 Å². The van der Waals surface area contributed by atoms with Crippen LogP contribution < -0.4 is 5.56 Å². The summed E-state index contributed by atoms with van der Waals surface area (Å²) >= 11 is 0. The van der Waals surface area contributed by atoms with Crippen molar-refractivity contribution >= 4 is 16.6 Å². The van der Waals surface area contributed by atoms with Gasteiger partial charge in [-0.2, -0.15) is 14.7 Å². The second-order valence-corrected chi connectivity index (χ2v) is 4.98.